The number of unbranched alkanes of at least 4 members (excludes halogenated alkanes) is 1. The second kappa shape index (κ2) is 7.25. The summed E-state index contributed by atoms with van der Waals surface area (Å²) in [6, 6.07) is 0. The van der Waals surface area contributed by atoms with Gasteiger partial charge in [0.1, 0.15) is 0 Å². The highest BCUT2D eigenvalue weighted by molar-refractivity contribution is 7.87. The third-order valence-corrected chi connectivity index (χ3v) is 2.59. The summed E-state index contributed by atoms with van der Waals surface area (Å²) >= 11 is 0. The van der Waals surface area contributed by atoms with Crippen molar-refractivity contribution < 1.29 is 13.5 Å². The van der Waals surface area contributed by atoms with Gasteiger partial charge in [0.25, 0.3) is 10.2 Å². The summed E-state index contributed by atoms with van der Waals surface area (Å²) in [4.78, 5) is 0. The molecule has 0 heterocycles. The van der Waals surface area contributed by atoms with Gasteiger partial charge in [-0.1, -0.05) is 6.92 Å². The molecule has 0 bridgehead atoms. The van der Waals surface area contributed by atoms with Gasteiger partial charge in [-0.05, 0) is 19.3 Å². The Balaban J connectivity index is 3.52. The quantitative estimate of drug-likeness (QED) is 0.477. The van der Waals surface area contributed by atoms with Crippen molar-refractivity contribution in [3.05, 3.63) is 0 Å². The number of aliphatic hydroxyl groups is 1. The molecule has 80 valence electrons. The van der Waals surface area contributed by atoms with E-state index < -0.39 is 10.2 Å². The Bertz CT molecular complexity index is 204. The fourth-order valence-corrected chi connectivity index (χ4v) is 1.72. The Morgan fingerprint density at radius 1 is 1.15 bits per heavy atom. The topological polar surface area (TPSA) is 78.4 Å². The average Bonchev–Trinajstić information content (AvgIpc) is 2.09. The van der Waals surface area contributed by atoms with E-state index in [1.54, 1.807) is 0 Å². The van der Waals surface area contributed by atoms with Gasteiger partial charge in [0, 0.05) is 19.7 Å². The van der Waals surface area contributed by atoms with E-state index in [9.17, 15) is 8.42 Å². The van der Waals surface area contributed by atoms with E-state index in [4.69, 9.17) is 5.11 Å². The van der Waals surface area contributed by atoms with Crippen molar-refractivity contribution in [3.63, 3.8) is 0 Å². The minimum atomic E-state index is -3.31. The summed E-state index contributed by atoms with van der Waals surface area (Å²) in [5.41, 5.74) is 0. The van der Waals surface area contributed by atoms with Crippen LogP contribution in [0.5, 0.6) is 0 Å². The van der Waals surface area contributed by atoms with Gasteiger partial charge in [-0.15, -0.1) is 0 Å². The van der Waals surface area contributed by atoms with Crippen molar-refractivity contribution in [2.24, 2.45) is 0 Å². The van der Waals surface area contributed by atoms with Crippen LogP contribution in [0.2, 0.25) is 0 Å². The first kappa shape index (κ1) is 12.8. The van der Waals surface area contributed by atoms with Gasteiger partial charge in [0.2, 0.25) is 0 Å². The lowest BCUT2D eigenvalue weighted by atomic mass is 10.3. The minimum Gasteiger partial charge on any atom is -0.396 e. The Morgan fingerprint density at radius 3 is 2.31 bits per heavy atom. The Labute approximate surface area is 79.7 Å². The molecule has 0 saturated heterocycles. The fourth-order valence-electron chi connectivity index (χ4n) is 0.731. The Morgan fingerprint density at radius 2 is 1.77 bits per heavy atom. The van der Waals surface area contributed by atoms with Crippen LogP contribution in [0.1, 0.15) is 26.2 Å². The molecule has 0 rings (SSSR count). The maximum absolute atomic E-state index is 11.1. The third kappa shape index (κ3) is 8.17. The molecule has 0 radical (unpaired) electrons. The lowest BCUT2D eigenvalue weighted by Gasteiger charge is -2.06. The maximum atomic E-state index is 11.1. The van der Waals surface area contributed by atoms with Gasteiger partial charge in [0.05, 0.1) is 0 Å². The van der Waals surface area contributed by atoms with Gasteiger partial charge in [-0.3, -0.25) is 0 Å². The van der Waals surface area contributed by atoms with Crippen molar-refractivity contribution in [1.82, 2.24) is 9.44 Å². The van der Waals surface area contributed by atoms with Crippen LogP contribution in [-0.4, -0.2) is 33.2 Å². The van der Waals surface area contributed by atoms with Crippen LogP contribution in [0.15, 0.2) is 0 Å². The predicted molar refractivity (Wildman–Crippen MR) is 51.5 cm³/mol. The zero-order valence-electron chi connectivity index (χ0n) is 7.91. The molecule has 0 atom stereocenters. The first-order valence-corrected chi connectivity index (χ1v) is 5.96. The van der Waals surface area contributed by atoms with E-state index >= 15 is 0 Å². The van der Waals surface area contributed by atoms with Crippen LogP contribution in [0, 0.1) is 0 Å². The highest BCUT2D eigenvalue weighted by Crippen LogP contribution is 1.86. The largest absolute Gasteiger partial charge is 0.396 e. The average molecular weight is 210 g/mol. The first-order valence-electron chi connectivity index (χ1n) is 4.47. The van der Waals surface area contributed by atoms with Crippen LogP contribution < -0.4 is 9.44 Å². The van der Waals surface area contributed by atoms with Crippen molar-refractivity contribution in [2.45, 2.75) is 26.2 Å². The molecule has 0 aromatic heterocycles. The van der Waals surface area contributed by atoms with Gasteiger partial charge in [-0.25, -0.2) is 9.44 Å². The maximum Gasteiger partial charge on any atom is 0.276 e. The summed E-state index contributed by atoms with van der Waals surface area (Å²) in [5, 5.41) is 8.44. The number of aliphatic hydroxyl groups excluding tert-OH is 1. The summed E-state index contributed by atoms with van der Waals surface area (Å²) in [5.74, 6) is 0. The highest BCUT2D eigenvalue weighted by Gasteiger charge is 2.05. The van der Waals surface area contributed by atoms with Crippen LogP contribution in [-0.2, 0) is 10.2 Å². The van der Waals surface area contributed by atoms with Gasteiger partial charge < -0.3 is 5.11 Å². The second-order valence-corrected chi connectivity index (χ2v) is 4.31. The molecule has 6 heteroatoms. The molecule has 0 amide bonds. The summed E-state index contributed by atoms with van der Waals surface area (Å²) < 4.78 is 26.9. The van der Waals surface area contributed by atoms with E-state index in [-0.39, 0.29) is 6.61 Å². The normalized spacial score (nSPS) is 11.8. The predicted octanol–water partition coefficient (Wildman–Crippen LogP) is -0.407. The molecule has 0 aliphatic rings. The van der Waals surface area contributed by atoms with Gasteiger partial charge in [0.15, 0.2) is 0 Å². The Kier molecular flexibility index (Phi) is 7.16. The number of rotatable bonds is 8. The molecule has 3 N–H and O–H groups in total. The molecular formula is C7H18N2O3S. The van der Waals surface area contributed by atoms with E-state index in [0.29, 0.717) is 25.9 Å². The van der Waals surface area contributed by atoms with Crippen LogP contribution in [0.25, 0.3) is 0 Å². The van der Waals surface area contributed by atoms with Crippen molar-refractivity contribution in [3.8, 4) is 0 Å². The van der Waals surface area contributed by atoms with E-state index in [0.717, 1.165) is 6.42 Å². The van der Waals surface area contributed by atoms with Crippen LogP contribution in [0.4, 0.5) is 0 Å². The lowest BCUT2D eigenvalue weighted by molar-refractivity contribution is 0.285. The standard InChI is InChI=1S/C7H18N2O3S/c1-2-5-8-13(11,12)9-6-3-4-7-10/h8-10H,2-7H2,1H3. The van der Waals surface area contributed by atoms with Crippen molar-refractivity contribution in [1.29, 1.82) is 0 Å². The summed E-state index contributed by atoms with van der Waals surface area (Å²) in [7, 11) is -3.31. The molecule has 5 nitrogen and oxygen atoms in total. The van der Waals surface area contributed by atoms with Gasteiger partial charge >= 0.3 is 0 Å². The summed E-state index contributed by atoms with van der Waals surface area (Å²) in [6.45, 7) is 2.83. The fraction of sp³-hybridized carbons (Fsp3) is 1.00. The van der Waals surface area contributed by atoms with Gasteiger partial charge in [-0.2, -0.15) is 8.42 Å². The molecule has 13 heavy (non-hydrogen) atoms. The highest BCUT2D eigenvalue weighted by atomic mass is 32.2. The smallest absolute Gasteiger partial charge is 0.276 e. The zero-order chi connectivity index (χ0) is 10.2. The van der Waals surface area contributed by atoms with E-state index in [1.165, 1.54) is 0 Å². The van der Waals surface area contributed by atoms with Crippen molar-refractivity contribution in [2.75, 3.05) is 19.7 Å². The molecule has 0 aromatic rings. The van der Waals surface area contributed by atoms with Crippen LogP contribution in [0.3, 0.4) is 0 Å². The number of hydrogen-bond donors (Lipinski definition) is 3. The molecule has 0 aromatic carbocycles. The SMILES string of the molecule is CCCNS(=O)(=O)NCCCCO. The molecule has 0 unspecified atom stereocenters. The molecule has 0 spiro atoms. The zero-order valence-corrected chi connectivity index (χ0v) is 8.73. The van der Waals surface area contributed by atoms with E-state index in [2.05, 4.69) is 9.44 Å². The van der Waals surface area contributed by atoms with Crippen LogP contribution >= 0.6 is 0 Å². The van der Waals surface area contributed by atoms with Crippen molar-refractivity contribution >= 4 is 10.2 Å². The van der Waals surface area contributed by atoms with E-state index in [1.807, 2.05) is 6.92 Å². The molecule has 0 saturated carbocycles. The molecule has 0 aliphatic carbocycles. The number of hydrogen-bond acceptors (Lipinski definition) is 3. The molecule has 0 aliphatic heterocycles. The second-order valence-electron chi connectivity index (χ2n) is 2.72. The monoisotopic (exact) mass is 210 g/mol. The Hall–Kier alpha value is -0.170. The third-order valence-electron chi connectivity index (χ3n) is 1.42. The number of nitrogens with one attached hydrogen (secondary N) is 2. The molecule has 0 fully saturated rings. The lowest BCUT2D eigenvalue weighted by Crippen LogP contribution is -2.37. The first-order chi connectivity index (χ1) is 6.12. The summed E-state index contributed by atoms with van der Waals surface area (Å²) in [6.07, 6.45) is 2.05. The molecular weight excluding hydrogens is 192 g/mol. The minimum absolute atomic E-state index is 0.101.